The van der Waals surface area contributed by atoms with Crippen molar-refractivity contribution in [3.05, 3.63) is 99.6 Å². The number of carbonyl (C=O) groups is 1. The second-order valence-electron chi connectivity index (χ2n) is 7.72. The number of nitrogens with zero attached hydrogens (tertiary/aromatic N) is 2. The number of benzene rings is 3. The lowest BCUT2D eigenvalue weighted by atomic mass is 9.85. The summed E-state index contributed by atoms with van der Waals surface area (Å²) in [7, 11) is 0. The molecule has 1 fully saturated rings. The minimum atomic E-state index is -0.526. The number of nitro groups is 1. The fourth-order valence-electron chi connectivity index (χ4n) is 4.31. The Morgan fingerprint density at radius 2 is 1.62 bits per heavy atom. The van der Waals surface area contributed by atoms with Crippen LogP contribution in [0, 0.1) is 16.0 Å². The first kappa shape index (κ1) is 19.7. The minimum Gasteiger partial charge on any atom is -0.454 e. The van der Waals surface area contributed by atoms with Gasteiger partial charge in [-0.1, -0.05) is 60.7 Å². The fraction of sp³-hybridized carbons (Fsp3) is 0.167. The summed E-state index contributed by atoms with van der Waals surface area (Å²) >= 11 is 0. The van der Waals surface area contributed by atoms with Crippen molar-refractivity contribution < 1.29 is 19.2 Å². The first-order valence-electron chi connectivity index (χ1n) is 10.1. The number of ether oxygens (including phenoxy) is 2. The van der Waals surface area contributed by atoms with Crippen LogP contribution in [0.25, 0.3) is 0 Å². The molecule has 5 rings (SSSR count). The van der Waals surface area contributed by atoms with Crippen LogP contribution in [0.3, 0.4) is 0 Å². The summed E-state index contributed by atoms with van der Waals surface area (Å²) in [5, 5.41) is 15.4. The second-order valence-corrected chi connectivity index (χ2v) is 7.72. The van der Waals surface area contributed by atoms with E-state index in [0.29, 0.717) is 17.9 Å². The van der Waals surface area contributed by atoms with Crippen molar-refractivity contribution >= 4 is 17.8 Å². The summed E-state index contributed by atoms with van der Waals surface area (Å²) < 4.78 is 10.5. The largest absolute Gasteiger partial charge is 0.454 e. The molecule has 1 amide bonds. The number of hydrazone groups is 1. The van der Waals surface area contributed by atoms with Crippen LogP contribution in [0.4, 0.5) is 5.69 Å². The first-order chi connectivity index (χ1) is 15.6. The quantitative estimate of drug-likeness (QED) is 0.365. The van der Waals surface area contributed by atoms with E-state index in [2.05, 4.69) is 10.5 Å². The molecule has 3 aromatic carbocycles. The van der Waals surface area contributed by atoms with Gasteiger partial charge in [0.25, 0.3) is 5.69 Å². The van der Waals surface area contributed by atoms with Gasteiger partial charge in [0.15, 0.2) is 11.5 Å². The lowest BCUT2D eigenvalue weighted by Gasteiger charge is -2.18. The molecule has 0 saturated heterocycles. The maximum Gasteiger partial charge on any atom is 0.282 e. The number of nitrogens with one attached hydrogen (secondary N) is 1. The van der Waals surface area contributed by atoms with Crippen LogP contribution >= 0.6 is 0 Å². The smallest absolute Gasteiger partial charge is 0.282 e. The Hall–Kier alpha value is -4.20. The molecule has 0 spiro atoms. The third-order valence-electron chi connectivity index (χ3n) is 5.95. The molecule has 1 heterocycles. The van der Waals surface area contributed by atoms with E-state index in [9.17, 15) is 14.9 Å². The Kier molecular flexibility index (Phi) is 4.82. The molecule has 1 aliphatic carbocycles. The van der Waals surface area contributed by atoms with Gasteiger partial charge in [0.1, 0.15) is 0 Å². The third kappa shape index (κ3) is 3.35. The average molecular weight is 429 g/mol. The van der Waals surface area contributed by atoms with Crippen molar-refractivity contribution in [3.8, 4) is 11.5 Å². The zero-order chi connectivity index (χ0) is 22.1. The molecule has 0 bridgehead atoms. The Morgan fingerprint density at radius 3 is 2.22 bits per heavy atom. The Balaban J connectivity index is 1.37. The summed E-state index contributed by atoms with van der Waals surface area (Å²) in [6, 6.07) is 22.6. The molecule has 8 nitrogen and oxygen atoms in total. The first-order valence-corrected chi connectivity index (χ1v) is 10.1. The zero-order valence-electron chi connectivity index (χ0n) is 16.9. The molecular weight excluding hydrogens is 410 g/mol. The maximum absolute atomic E-state index is 13.0. The van der Waals surface area contributed by atoms with Crippen molar-refractivity contribution in [2.45, 2.75) is 11.8 Å². The van der Waals surface area contributed by atoms with E-state index in [1.807, 2.05) is 60.7 Å². The number of nitro benzene ring substituents is 1. The fourth-order valence-corrected chi connectivity index (χ4v) is 4.31. The predicted octanol–water partition coefficient (Wildman–Crippen LogP) is 3.78. The highest BCUT2D eigenvalue weighted by molar-refractivity contribution is 5.90. The Labute approximate surface area is 183 Å². The molecule has 1 aliphatic heterocycles. The van der Waals surface area contributed by atoms with Crippen LogP contribution in [-0.2, 0) is 10.2 Å². The molecular formula is C24H19N3O5. The molecule has 160 valence electrons. The summed E-state index contributed by atoms with van der Waals surface area (Å²) in [5.41, 5.74) is 4.33. The van der Waals surface area contributed by atoms with Gasteiger partial charge in [-0.25, -0.2) is 5.43 Å². The van der Waals surface area contributed by atoms with Gasteiger partial charge >= 0.3 is 0 Å². The van der Waals surface area contributed by atoms with Gasteiger partial charge in [0, 0.05) is 5.41 Å². The van der Waals surface area contributed by atoms with Crippen molar-refractivity contribution in [2.75, 3.05) is 6.79 Å². The second kappa shape index (κ2) is 7.81. The van der Waals surface area contributed by atoms with Crippen LogP contribution in [0.1, 0.15) is 23.1 Å². The van der Waals surface area contributed by atoms with Gasteiger partial charge in [-0.3, -0.25) is 14.9 Å². The van der Waals surface area contributed by atoms with E-state index >= 15 is 0 Å². The third-order valence-corrected chi connectivity index (χ3v) is 5.95. The van der Waals surface area contributed by atoms with Gasteiger partial charge in [-0.15, -0.1) is 0 Å². The molecule has 1 atom stereocenters. The summed E-state index contributed by atoms with van der Waals surface area (Å²) in [6.07, 6.45) is 1.92. The lowest BCUT2D eigenvalue weighted by molar-refractivity contribution is -0.385. The number of carbonyl (C=O) groups excluding carboxylic acids is 1. The van der Waals surface area contributed by atoms with E-state index in [4.69, 9.17) is 9.47 Å². The summed E-state index contributed by atoms with van der Waals surface area (Å²) in [4.78, 5) is 23.8. The SMILES string of the molecule is O=C(N/N=C\c1cc2c(cc1[N+](=O)[O-])OCO2)[C@@H]1CC1(c1ccccc1)c1ccccc1. The van der Waals surface area contributed by atoms with Gasteiger partial charge in [0.05, 0.1) is 28.7 Å². The highest BCUT2D eigenvalue weighted by Crippen LogP contribution is 2.58. The highest BCUT2D eigenvalue weighted by Gasteiger charge is 2.60. The Morgan fingerprint density at radius 1 is 1.03 bits per heavy atom. The molecule has 0 aromatic heterocycles. The average Bonchev–Trinajstić information content (AvgIpc) is 3.43. The molecule has 3 aromatic rings. The van der Waals surface area contributed by atoms with Gasteiger partial charge in [-0.05, 0) is 23.6 Å². The van der Waals surface area contributed by atoms with E-state index in [0.717, 1.165) is 11.1 Å². The number of hydrogen-bond donors (Lipinski definition) is 1. The molecule has 0 unspecified atom stereocenters. The monoisotopic (exact) mass is 429 g/mol. The van der Waals surface area contributed by atoms with Crippen LogP contribution in [0.15, 0.2) is 77.9 Å². The van der Waals surface area contributed by atoms with E-state index < -0.39 is 10.3 Å². The van der Waals surface area contributed by atoms with Crippen molar-refractivity contribution in [3.63, 3.8) is 0 Å². The normalized spacial score (nSPS) is 17.8. The topological polar surface area (TPSA) is 103 Å². The summed E-state index contributed by atoms with van der Waals surface area (Å²) in [6.45, 7) is 0.00650. The molecule has 2 aliphatic rings. The lowest BCUT2D eigenvalue weighted by Crippen LogP contribution is -2.25. The highest BCUT2D eigenvalue weighted by atomic mass is 16.7. The molecule has 0 radical (unpaired) electrons. The van der Waals surface area contributed by atoms with Crippen LogP contribution in [0.5, 0.6) is 11.5 Å². The van der Waals surface area contributed by atoms with Crippen molar-refractivity contribution in [1.82, 2.24) is 5.43 Å². The van der Waals surface area contributed by atoms with Crippen molar-refractivity contribution in [2.24, 2.45) is 11.0 Å². The van der Waals surface area contributed by atoms with E-state index in [1.54, 1.807) is 0 Å². The Bertz CT molecular complexity index is 1170. The minimum absolute atomic E-state index is 0.00650. The van der Waals surface area contributed by atoms with E-state index in [1.165, 1.54) is 18.3 Å². The molecule has 8 heteroatoms. The van der Waals surface area contributed by atoms with Crippen LogP contribution in [-0.4, -0.2) is 23.8 Å². The van der Waals surface area contributed by atoms with Crippen LogP contribution in [0.2, 0.25) is 0 Å². The predicted molar refractivity (Wildman–Crippen MR) is 117 cm³/mol. The number of rotatable bonds is 6. The molecule has 1 saturated carbocycles. The maximum atomic E-state index is 13.0. The molecule has 32 heavy (non-hydrogen) atoms. The molecule has 1 N–H and O–H groups in total. The van der Waals surface area contributed by atoms with Crippen LogP contribution < -0.4 is 14.9 Å². The van der Waals surface area contributed by atoms with Crippen molar-refractivity contribution in [1.29, 1.82) is 0 Å². The summed E-state index contributed by atoms with van der Waals surface area (Å²) in [5.74, 6) is 0.178. The van der Waals surface area contributed by atoms with Gasteiger partial charge in [-0.2, -0.15) is 5.10 Å². The standard InChI is InChI=1S/C24H19N3O5/c28-23(26-25-14-16-11-21-22(32-15-31-21)12-20(16)27(29)30)19-13-24(19,17-7-3-1-4-8-17)18-9-5-2-6-10-18/h1-12,14,19H,13,15H2,(H,26,28)/b25-14-/t19-/m0/s1. The van der Waals surface area contributed by atoms with Gasteiger partial charge < -0.3 is 9.47 Å². The van der Waals surface area contributed by atoms with Gasteiger partial charge in [0.2, 0.25) is 12.7 Å². The van der Waals surface area contributed by atoms with E-state index in [-0.39, 0.29) is 29.9 Å². The number of fused-ring (bicyclic) bond motifs is 1. The zero-order valence-corrected chi connectivity index (χ0v) is 16.9. The number of hydrogen-bond acceptors (Lipinski definition) is 6. The number of amides is 1.